The maximum absolute atomic E-state index is 5.80. The van der Waals surface area contributed by atoms with Crippen molar-refractivity contribution in [3.8, 4) is 0 Å². The van der Waals surface area contributed by atoms with E-state index in [0.717, 1.165) is 24.5 Å². The van der Waals surface area contributed by atoms with E-state index in [-0.39, 0.29) is 12.0 Å². The molecule has 3 heterocycles. The van der Waals surface area contributed by atoms with Gasteiger partial charge in [-0.05, 0) is 13.3 Å². The van der Waals surface area contributed by atoms with Crippen molar-refractivity contribution in [2.75, 3.05) is 6.61 Å². The van der Waals surface area contributed by atoms with Crippen molar-refractivity contribution in [2.24, 2.45) is 0 Å². The molecule has 0 spiro atoms. The van der Waals surface area contributed by atoms with Gasteiger partial charge in [0.05, 0.1) is 6.10 Å². The molecule has 5 nitrogen and oxygen atoms in total. The first-order valence-electron chi connectivity index (χ1n) is 5.23. The van der Waals surface area contributed by atoms with Crippen LogP contribution >= 0.6 is 11.6 Å². The fourth-order valence-corrected chi connectivity index (χ4v) is 2.25. The van der Waals surface area contributed by atoms with Gasteiger partial charge in [0.2, 0.25) is 0 Å². The number of aromatic nitrogens is 4. The lowest BCUT2D eigenvalue weighted by Gasteiger charge is -2.11. The predicted molar refractivity (Wildman–Crippen MR) is 58.6 cm³/mol. The molecule has 1 saturated heterocycles. The number of hydrogen-bond acceptors (Lipinski definition) is 4. The summed E-state index contributed by atoms with van der Waals surface area (Å²) in [4.78, 5) is 4.04. The van der Waals surface area contributed by atoms with E-state index in [2.05, 4.69) is 22.1 Å². The van der Waals surface area contributed by atoms with Crippen molar-refractivity contribution in [3.63, 3.8) is 0 Å². The molecule has 0 saturated carbocycles. The van der Waals surface area contributed by atoms with Gasteiger partial charge in [0.1, 0.15) is 17.3 Å². The maximum Gasteiger partial charge on any atom is 0.165 e. The van der Waals surface area contributed by atoms with Crippen molar-refractivity contribution in [3.05, 3.63) is 23.4 Å². The SMILES string of the molecule is CC1OCCC1c1nnc2cc(Cl)ncn12. The number of halogens is 1. The summed E-state index contributed by atoms with van der Waals surface area (Å²) in [5, 5.41) is 8.73. The lowest BCUT2D eigenvalue weighted by atomic mass is 10.0. The smallest absolute Gasteiger partial charge is 0.165 e. The van der Waals surface area contributed by atoms with Gasteiger partial charge in [-0.1, -0.05) is 11.6 Å². The standard InChI is InChI=1S/C10H11ClN4O/c1-6-7(2-3-16-6)10-14-13-9-4-8(11)12-5-15(9)10/h4-7H,2-3H2,1H3. The summed E-state index contributed by atoms with van der Waals surface area (Å²) in [5.41, 5.74) is 0.731. The summed E-state index contributed by atoms with van der Waals surface area (Å²) in [6, 6.07) is 1.71. The number of nitrogens with zero attached hydrogens (tertiary/aromatic N) is 4. The molecule has 1 aliphatic rings. The highest BCUT2D eigenvalue weighted by Crippen LogP contribution is 2.29. The lowest BCUT2D eigenvalue weighted by Crippen LogP contribution is -2.12. The van der Waals surface area contributed by atoms with Crippen LogP contribution in [0.4, 0.5) is 0 Å². The normalized spacial score (nSPS) is 25.4. The van der Waals surface area contributed by atoms with Gasteiger partial charge in [-0.2, -0.15) is 0 Å². The fraction of sp³-hybridized carbons (Fsp3) is 0.500. The number of fused-ring (bicyclic) bond motifs is 1. The first kappa shape index (κ1) is 9.99. The van der Waals surface area contributed by atoms with E-state index in [1.807, 2.05) is 4.40 Å². The fourth-order valence-electron chi connectivity index (χ4n) is 2.11. The summed E-state index contributed by atoms with van der Waals surface area (Å²) < 4.78 is 7.41. The number of hydrogen-bond donors (Lipinski definition) is 0. The van der Waals surface area contributed by atoms with Gasteiger partial charge < -0.3 is 4.74 Å². The first-order chi connectivity index (χ1) is 7.75. The van der Waals surface area contributed by atoms with Crippen LogP contribution in [0.1, 0.15) is 25.1 Å². The Labute approximate surface area is 97.4 Å². The van der Waals surface area contributed by atoms with Crippen molar-refractivity contribution in [1.29, 1.82) is 0 Å². The van der Waals surface area contributed by atoms with Gasteiger partial charge in [0.15, 0.2) is 5.65 Å². The minimum Gasteiger partial charge on any atom is -0.378 e. The highest BCUT2D eigenvalue weighted by Gasteiger charge is 2.29. The van der Waals surface area contributed by atoms with Crippen LogP contribution < -0.4 is 0 Å². The van der Waals surface area contributed by atoms with Crippen molar-refractivity contribution >= 4 is 17.2 Å². The van der Waals surface area contributed by atoms with Gasteiger partial charge in [0.25, 0.3) is 0 Å². The molecule has 16 heavy (non-hydrogen) atoms. The molecule has 1 aliphatic heterocycles. The Hall–Kier alpha value is -1.20. The van der Waals surface area contributed by atoms with E-state index in [9.17, 15) is 0 Å². The Bertz CT molecular complexity index is 527. The molecule has 0 N–H and O–H groups in total. The molecular formula is C10H11ClN4O. The Balaban J connectivity index is 2.10. The third-order valence-corrected chi connectivity index (χ3v) is 3.21. The predicted octanol–water partition coefficient (Wildman–Crippen LogP) is 1.67. The Morgan fingerprint density at radius 3 is 3.12 bits per heavy atom. The molecule has 2 unspecified atom stereocenters. The molecule has 0 aromatic carbocycles. The van der Waals surface area contributed by atoms with Crippen molar-refractivity contribution < 1.29 is 4.74 Å². The molecule has 2 aromatic heterocycles. The van der Waals surface area contributed by atoms with E-state index >= 15 is 0 Å². The zero-order valence-corrected chi connectivity index (χ0v) is 9.55. The Morgan fingerprint density at radius 2 is 2.38 bits per heavy atom. The van der Waals surface area contributed by atoms with Gasteiger partial charge in [-0.3, -0.25) is 4.40 Å². The molecule has 2 atom stereocenters. The second-order valence-electron chi connectivity index (χ2n) is 3.97. The van der Waals surface area contributed by atoms with Crippen LogP contribution in [0.2, 0.25) is 5.15 Å². The molecule has 3 rings (SSSR count). The minimum absolute atomic E-state index is 0.183. The van der Waals surface area contributed by atoms with Gasteiger partial charge >= 0.3 is 0 Å². The molecule has 84 valence electrons. The van der Waals surface area contributed by atoms with E-state index < -0.39 is 0 Å². The molecule has 0 amide bonds. The second kappa shape index (κ2) is 3.68. The van der Waals surface area contributed by atoms with Crippen LogP contribution in [0.25, 0.3) is 5.65 Å². The van der Waals surface area contributed by atoms with Crippen LogP contribution in [-0.2, 0) is 4.74 Å². The summed E-state index contributed by atoms with van der Waals surface area (Å²) in [6.45, 7) is 2.84. The van der Waals surface area contributed by atoms with Crippen LogP contribution in [0, 0.1) is 0 Å². The van der Waals surface area contributed by atoms with Gasteiger partial charge in [0, 0.05) is 18.6 Å². The first-order valence-corrected chi connectivity index (χ1v) is 5.61. The summed E-state index contributed by atoms with van der Waals surface area (Å²) in [6.07, 6.45) is 2.82. The van der Waals surface area contributed by atoms with E-state index in [4.69, 9.17) is 16.3 Å². The third kappa shape index (κ3) is 1.47. The quantitative estimate of drug-likeness (QED) is 0.710. The molecule has 0 bridgehead atoms. The van der Waals surface area contributed by atoms with Crippen LogP contribution in [0.5, 0.6) is 0 Å². The Morgan fingerprint density at radius 1 is 1.50 bits per heavy atom. The molecule has 0 aliphatic carbocycles. The van der Waals surface area contributed by atoms with Gasteiger partial charge in [-0.15, -0.1) is 10.2 Å². The monoisotopic (exact) mass is 238 g/mol. The highest BCUT2D eigenvalue weighted by atomic mass is 35.5. The van der Waals surface area contributed by atoms with Crippen molar-refractivity contribution in [1.82, 2.24) is 19.6 Å². The van der Waals surface area contributed by atoms with Crippen LogP contribution in [0.3, 0.4) is 0 Å². The van der Waals surface area contributed by atoms with Crippen LogP contribution in [-0.4, -0.2) is 32.3 Å². The lowest BCUT2D eigenvalue weighted by molar-refractivity contribution is 0.117. The minimum atomic E-state index is 0.183. The highest BCUT2D eigenvalue weighted by molar-refractivity contribution is 6.29. The number of rotatable bonds is 1. The summed E-state index contributed by atoms with van der Waals surface area (Å²) in [7, 11) is 0. The topological polar surface area (TPSA) is 52.3 Å². The molecule has 0 radical (unpaired) electrons. The van der Waals surface area contributed by atoms with E-state index in [1.54, 1.807) is 12.4 Å². The zero-order chi connectivity index (χ0) is 11.1. The molecule has 2 aromatic rings. The molecule has 6 heteroatoms. The molecular weight excluding hydrogens is 228 g/mol. The second-order valence-corrected chi connectivity index (χ2v) is 4.36. The maximum atomic E-state index is 5.80. The van der Waals surface area contributed by atoms with Crippen molar-refractivity contribution in [2.45, 2.75) is 25.4 Å². The van der Waals surface area contributed by atoms with Crippen LogP contribution in [0.15, 0.2) is 12.4 Å². The van der Waals surface area contributed by atoms with E-state index in [1.165, 1.54) is 0 Å². The molecule has 1 fully saturated rings. The average molecular weight is 239 g/mol. The number of ether oxygens (including phenoxy) is 1. The average Bonchev–Trinajstić information content (AvgIpc) is 2.83. The largest absolute Gasteiger partial charge is 0.378 e. The Kier molecular flexibility index (Phi) is 2.29. The van der Waals surface area contributed by atoms with E-state index in [0.29, 0.717) is 5.15 Å². The third-order valence-electron chi connectivity index (χ3n) is 3.00. The zero-order valence-electron chi connectivity index (χ0n) is 8.80. The van der Waals surface area contributed by atoms with Gasteiger partial charge in [-0.25, -0.2) is 4.98 Å². The summed E-state index contributed by atoms with van der Waals surface area (Å²) in [5.74, 6) is 1.20. The summed E-state index contributed by atoms with van der Waals surface area (Å²) >= 11 is 5.80.